The van der Waals surface area contributed by atoms with Crippen LogP contribution in [0.5, 0.6) is 0 Å². The van der Waals surface area contributed by atoms with Gasteiger partial charge in [-0.15, -0.1) is 0 Å². The summed E-state index contributed by atoms with van der Waals surface area (Å²) in [6.07, 6.45) is 1.79. The van der Waals surface area contributed by atoms with Gasteiger partial charge in [0.25, 0.3) is 0 Å². The Bertz CT molecular complexity index is 1030. The lowest BCUT2D eigenvalue weighted by molar-refractivity contribution is 0.181. The van der Waals surface area contributed by atoms with Crippen LogP contribution in [0.4, 0.5) is 0 Å². The lowest BCUT2D eigenvalue weighted by Crippen LogP contribution is -1.97. The van der Waals surface area contributed by atoms with Crippen LogP contribution in [-0.4, -0.2) is 21.7 Å². The first-order chi connectivity index (χ1) is 12.3. The Morgan fingerprint density at radius 1 is 1.00 bits per heavy atom. The average Bonchev–Trinajstić information content (AvgIpc) is 3.01. The number of fused-ring (bicyclic) bond motifs is 1. The van der Waals surface area contributed by atoms with Crippen LogP contribution < -0.4 is 0 Å². The molecule has 0 amide bonds. The predicted molar refractivity (Wildman–Crippen MR) is 99.6 cm³/mol. The number of methoxy groups -OCH3 is 1. The van der Waals surface area contributed by atoms with Crippen molar-refractivity contribution in [3.63, 3.8) is 0 Å². The van der Waals surface area contributed by atoms with E-state index < -0.39 is 0 Å². The second-order valence-corrected chi connectivity index (χ2v) is 6.07. The molecule has 2 heterocycles. The Kier molecular flexibility index (Phi) is 4.22. The summed E-state index contributed by atoms with van der Waals surface area (Å²) in [5, 5.41) is 5.45. The molecule has 5 heteroatoms. The van der Waals surface area contributed by atoms with Crippen LogP contribution in [0.2, 0.25) is 5.02 Å². The van der Waals surface area contributed by atoms with Crippen molar-refractivity contribution in [3.05, 3.63) is 77.6 Å². The predicted octanol–water partition coefficient (Wildman–Crippen LogP) is 4.86. The van der Waals surface area contributed by atoms with Gasteiger partial charge in [0.2, 0.25) is 0 Å². The monoisotopic (exact) mass is 349 g/mol. The molecule has 0 saturated heterocycles. The second kappa shape index (κ2) is 6.67. The van der Waals surface area contributed by atoms with E-state index in [0.29, 0.717) is 11.6 Å². The summed E-state index contributed by atoms with van der Waals surface area (Å²) in [6.45, 7) is 0.412. The topological polar surface area (TPSA) is 39.4 Å². The molecule has 0 atom stereocenters. The molecule has 0 fully saturated rings. The summed E-state index contributed by atoms with van der Waals surface area (Å²) in [4.78, 5) is 4.58. The Balaban J connectivity index is 2.02. The molecule has 4 nitrogen and oxygen atoms in total. The first-order valence-electron chi connectivity index (χ1n) is 7.95. The van der Waals surface area contributed by atoms with Gasteiger partial charge in [-0.1, -0.05) is 60.1 Å². The third-order valence-electron chi connectivity index (χ3n) is 4.08. The van der Waals surface area contributed by atoms with Crippen LogP contribution in [0, 0.1) is 0 Å². The van der Waals surface area contributed by atoms with Gasteiger partial charge in [0.1, 0.15) is 0 Å². The maximum Gasteiger partial charge on any atom is 0.163 e. The fourth-order valence-electron chi connectivity index (χ4n) is 3.00. The third kappa shape index (κ3) is 2.80. The van der Waals surface area contributed by atoms with E-state index in [1.54, 1.807) is 13.3 Å². The molecular weight excluding hydrogens is 334 g/mol. The van der Waals surface area contributed by atoms with Gasteiger partial charge in [-0.25, -0.2) is 9.50 Å². The molecule has 4 aromatic rings. The van der Waals surface area contributed by atoms with Crippen LogP contribution >= 0.6 is 11.6 Å². The van der Waals surface area contributed by atoms with Gasteiger partial charge >= 0.3 is 0 Å². The van der Waals surface area contributed by atoms with E-state index >= 15 is 0 Å². The van der Waals surface area contributed by atoms with Crippen LogP contribution in [0.1, 0.15) is 5.69 Å². The summed E-state index contributed by atoms with van der Waals surface area (Å²) in [5.41, 5.74) is 5.50. The van der Waals surface area contributed by atoms with Crippen molar-refractivity contribution in [2.75, 3.05) is 7.11 Å². The molecule has 124 valence electrons. The Labute approximate surface area is 150 Å². The van der Waals surface area contributed by atoms with Gasteiger partial charge in [0.05, 0.1) is 23.6 Å². The summed E-state index contributed by atoms with van der Waals surface area (Å²) >= 11 is 6.40. The Morgan fingerprint density at radius 3 is 2.52 bits per heavy atom. The smallest absolute Gasteiger partial charge is 0.163 e. The van der Waals surface area contributed by atoms with Gasteiger partial charge in [-0.2, -0.15) is 5.10 Å². The Morgan fingerprint density at radius 2 is 1.76 bits per heavy atom. The number of ether oxygens (including phenoxy) is 1. The second-order valence-electron chi connectivity index (χ2n) is 5.67. The van der Waals surface area contributed by atoms with E-state index in [0.717, 1.165) is 33.7 Å². The largest absolute Gasteiger partial charge is 0.378 e. The van der Waals surface area contributed by atoms with Gasteiger partial charge in [0.15, 0.2) is 5.65 Å². The molecule has 0 aliphatic carbocycles. The van der Waals surface area contributed by atoms with E-state index in [-0.39, 0.29) is 0 Å². The van der Waals surface area contributed by atoms with E-state index in [1.807, 2.05) is 53.0 Å². The first kappa shape index (κ1) is 15.8. The average molecular weight is 350 g/mol. The van der Waals surface area contributed by atoms with Crippen LogP contribution in [-0.2, 0) is 11.3 Å². The molecule has 0 unspecified atom stereocenters. The minimum atomic E-state index is 0.412. The summed E-state index contributed by atoms with van der Waals surface area (Å²) < 4.78 is 7.20. The zero-order valence-corrected chi connectivity index (χ0v) is 14.4. The summed E-state index contributed by atoms with van der Waals surface area (Å²) in [5.74, 6) is 0. The molecule has 4 rings (SSSR count). The summed E-state index contributed by atoms with van der Waals surface area (Å²) in [6, 6.07) is 19.8. The first-order valence-corrected chi connectivity index (χ1v) is 8.33. The molecule has 2 aromatic heterocycles. The van der Waals surface area contributed by atoms with Gasteiger partial charge in [-0.05, 0) is 17.7 Å². The number of halogens is 1. The van der Waals surface area contributed by atoms with E-state index in [2.05, 4.69) is 17.1 Å². The van der Waals surface area contributed by atoms with Crippen LogP contribution in [0.3, 0.4) is 0 Å². The van der Waals surface area contributed by atoms with Crippen molar-refractivity contribution in [2.24, 2.45) is 0 Å². The number of hydrogen-bond acceptors (Lipinski definition) is 3. The highest BCUT2D eigenvalue weighted by Gasteiger charge is 2.18. The standard InChI is InChI=1S/C20H16ClN3O/c1-25-13-17-19(14-7-3-2-4-8-14)20-22-12-11-18(24(20)23-17)15-9-5-6-10-16(15)21/h2-12H,13H2,1H3. The molecule has 2 aromatic carbocycles. The lowest BCUT2D eigenvalue weighted by atomic mass is 10.1. The lowest BCUT2D eigenvalue weighted by Gasteiger charge is -2.07. The van der Waals surface area contributed by atoms with Crippen LogP contribution in [0.25, 0.3) is 28.0 Å². The molecule has 0 spiro atoms. The van der Waals surface area contributed by atoms with Crippen molar-refractivity contribution < 1.29 is 4.74 Å². The molecule has 0 radical (unpaired) electrons. The van der Waals surface area contributed by atoms with Crippen molar-refractivity contribution in [1.82, 2.24) is 14.6 Å². The van der Waals surface area contributed by atoms with Gasteiger partial charge < -0.3 is 4.74 Å². The number of hydrogen-bond donors (Lipinski definition) is 0. The molecule has 25 heavy (non-hydrogen) atoms. The third-order valence-corrected chi connectivity index (χ3v) is 4.41. The van der Waals surface area contributed by atoms with Crippen molar-refractivity contribution in [3.8, 4) is 22.4 Å². The zero-order chi connectivity index (χ0) is 17.2. The zero-order valence-electron chi connectivity index (χ0n) is 13.7. The van der Waals surface area contributed by atoms with E-state index in [1.165, 1.54) is 0 Å². The van der Waals surface area contributed by atoms with Crippen molar-refractivity contribution >= 4 is 17.2 Å². The Hall–Kier alpha value is -2.69. The molecule has 0 saturated carbocycles. The van der Waals surface area contributed by atoms with Crippen molar-refractivity contribution in [1.29, 1.82) is 0 Å². The highest BCUT2D eigenvalue weighted by atomic mass is 35.5. The van der Waals surface area contributed by atoms with E-state index in [4.69, 9.17) is 21.4 Å². The van der Waals surface area contributed by atoms with Gasteiger partial charge in [0, 0.05) is 23.9 Å². The number of rotatable bonds is 4. The summed E-state index contributed by atoms with van der Waals surface area (Å²) in [7, 11) is 1.67. The molecule has 0 bridgehead atoms. The molecule has 0 aliphatic heterocycles. The maximum atomic E-state index is 6.40. The number of aromatic nitrogens is 3. The highest BCUT2D eigenvalue weighted by Crippen LogP contribution is 2.32. The van der Waals surface area contributed by atoms with E-state index in [9.17, 15) is 0 Å². The van der Waals surface area contributed by atoms with Crippen molar-refractivity contribution in [2.45, 2.75) is 6.61 Å². The number of benzene rings is 2. The fraction of sp³-hybridized carbons (Fsp3) is 0.100. The number of nitrogens with zero attached hydrogens (tertiary/aromatic N) is 3. The molecular formula is C20H16ClN3O. The minimum Gasteiger partial charge on any atom is -0.378 e. The van der Waals surface area contributed by atoms with Gasteiger partial charge in [-0.3, -0.25) is 0 Å². The minimum absolute atomic E-state index is 0.412. The highest BCUT2D eigenvalue weighted by molar-refractivity contribution is 6.33. The maximum absolute atomic E-state index is 6.40. The fourth-order valence-corrected chi connectivity index (χ4v) is 3.23. The molecule has 0 aliphatic rings. The SMILES string of the molecule is COCc1nn2c(-c3ccccc3Cl)ccnc2c1-c1ccccc1. The quantitative estimate of drug-likeness (QED) is 0.528. The normalized spacial score (nSPS) is 11.1. The van der Waals surface area contributed by atoms with Crippen LogP contribution in [0.15, 0.2) is 66.9 Å². The molecule has 0 N–H and O–H groups in total.